The Labute approximate surface area is 150 Å². The average molecular weight is 358 g/mol. The van der Waals surface area contributed by atoms with Gasteiger partial charge in [0.05, 0.1) is 0 Å². The topological polar surface area (TPSA) is 49.4 Å². The highest BCUT2D eigenvalue weighted by atomic mass is 19.1. The van der Waals surface area contributed by atoms with E-state index in [0.29, 0.717) is 42.7 Å². The molecule has 0 unspecified atom stereocenters. The van der Waals surface area contributed by atoms with Gasteiger partial charge in [0.2, 0.25) is 5.91 Å². The minimum Gasteiger partial charge on any atom is -0.339 e. The van der Waals surface area contributed by atoms with Gasteiger partial charge < -0.3 is 10.2 Å². The summed E-state index contributed by atoms with van der Waals surface area (Å²) in [6.45, 7) is 2.68. The van der Waals surface area contributed by atoms with E-state index in [4.69, 9.17) is 0 Å². The molecule has 0 atom stereocenters. The number of likely N-dealkylation sites (tertiary alicyclic amines) is 1. The monoisotopic (exact) mass is 358 g/mol. The number of amides is 2. The molecule has 0 aliphatic carbocycles. The fourth-order valence-corrected chi connectivity index (χ4v) is 3.12. The van der Waals surface area contributed by atoms with Crippen LogP contribution < -0.4 is 5.32 Å². The molecule has 2 aromatic carbocycles. The lowest BCUT2D eigenvalue weighted by molar-refractivity contribution is -0.121. The first-order valence-corrected chi connectivity index (χ1v) is 8.56. The van der Waals surface area contributed by atoms with Crippen molar-refractivity contribution in [2.24, 2.45) is 5.92 Å². The van der Waals surface area contributed by atoms with Gasteiger partial charge in [0.25, 0.3) is 5.91 Å². The van der Waals surface area contributed by atoms with E-state index in [1.807, 2.05) is 0 Å². The highest BCUT2D eigenvalue weighted by Crippen LogP contribution is 2.22. The maximum absolute atomic E-state index is 13.1. The highest BCUT2D eigenvalue weighted by Gasteiger charge is 2.28. The van der Waals surface area contributed by atoms with Crippen molar-refractivity contribution in [2.45, 2.75) is 19.8 Å². The van der Waals surface area contributed by atoms with Crippen molar-refractivity contribution in [3.8, 4) is 0 Å². The Kier molecular flexibility index (Phi) is 5.30. The third-order valence-corrected chi connectivity index (χ3v) is 4.69. The molecule has 1 saturated heterocycles. The fourth-order valence-electron chi connectivity index (χ4n) is 3.12. The minimum absolute atomic E-state index is 0.117. The van der Waals surface area contributed by atoms with E-state index in [9.17, 15) is 18.4 Å². The molecule has 0 spiro atoms. The molecule has 1 fully saturated rings. The molecule has 3 rings (SSSR count). The van der Waals surface area contributed by atoms with E-state index >= 15 is 0 Å². The number of hydrogen-bond donors (Lipinski definition) is 1. The molecule has 6 heteroatoms. The van der Waals surface area contributed by atoms with Gasteiger partial charge in [-0.2, -0.15) is 0 Å². The number of nitrogens with one attached hydrogen (secondary N) is 1. The van der Waals surface area contributed by atoms with Gasteiger partial charge in [-0.15, -0.1) is 0 Å². The Balaban J connectivity index is 1.56. The Morgan fingerprint density at radius 2 is 1.62 bits per heavy atom. The van der Waals surface area contributed by atoms with E-state index in [1.54, 1.807) is 17.9 Å². The number of rotatable bonds is 3. The summed E-state index contributed by atoms with van der Waals surface area (Å²) in [6.07, 6.45) is 1.11. The molecule has 1 N–H and O–H groups in total. The number of halogens is 2. The third kappa shape index (κ3) is 4.07. The molecular formula is C20H20F2N2O2. The zero-order chi connectivity index (χ0) is 18.7. The lowest BCUT2D eigenvalue weighted by atomic mass is 9.95. The van der Waals surface area contributed by atoms with Gasteiger partial charge >= 0.3 is 0 Å². The van der Waals surface area contributed by atoms with E-state index in [-0.39, 0.29) is 29.4 Å². The number of anilines is 1. The van der Waals surface area contributed by atoms with Crippen LogP contribution in [0.2, 0.25) is 0 Å². The van der Waals surface area contributed by atoms with Gasteiger partial charge in [-0.25, -0.2) is 8.78 Å². The van der Waals surface area contributed by atoms with Crippen LogP contribution in [-0.4, -0.2) is 29.8 Å². The molecule has 2 amide bonds. The summed E-state index contributed by atoms with van der Waals surface area (Å²) >= 11 is 0. The van der Waals surface area contributed by atoms with Gasteiger partial charge in [-0.3, -0.25) is 9.59 Å². The number of hydrogen-bond acceptors (Lipinski definition) is 2. The summed E-state index contributed by atoms with van der Waals surface area (Å²) in [6, 6.07) is 9.69. The van der Waals surface area contributed by atoms with Crippen molar-refractivity contribution in [1.29, 1.82) is 0 Å². The van der Waals surface area contributed by atoms with Crippen molar-refractivity contribution in [3.63, 3.8) is 0 Å². The maximum Gasteiger partial charge on any atom is 0.253 e. The van der Waals surface area contributed by atoms with Gasteiger partial charge in [0.15, 0.2) is 0 Å². The SMILES string of the molecule is Cc1cc(F)ccc1NC(=O)C1CCN(C(=O)c2ccc(F)cc2)CC1. The van der Waals surface area contributed by atoms with Crippen LogP contribution in [0.15, 0.2) is 42.5 Å². The van der Waals surface area contributed by atoms with E-state index in [2.05, 4.69) is 5.32 Å². The maximum atomic E-state index is 13.1. The number of carbonyl (C=O) groups excluding carboxylic acids is 2. The third-order valence-electron chi connectivity index (χ3n) is 4.69. The quantitative estimate of drug-likeness (QED) is 0.908. The molecule has 0 radical (unpaired) electrons. The van der Waals surface area contributed by atoms with Crippen LogP contribution in [0.4, 0.5) is 14.5 Å². The van der Waals surface area contributed by atoms with Crippen molar-refractivity contribution >= 4 is 17.5 Å². The van der Waals surface area contributed by atoms with E-state index < -0.39 is 0 Å². The summed E-state index contributed by atoms with van der Waals surface area (Å²) < 4.78 is 26.1. The average Bonchev–Trinajstić information content (AvgIpc) is 2.64. The van der Waals surface area contributed by atoms with Crippen molar-refractivity contribution in [3.05, 3.63) is 65.2 Å². The standard InChI is InChI=1S/C20H20F2N2O2/c1-13-12-17(22)6-7-18(13)23-19(25)14-8-10-24(11-9-14)20(26)15-2-4-16(21)5-3-15/h2-7,12,14H,8-11H2,1H3,(H,23,25). The summed E-state index contributed by atoms with van der Waals surface area (Å²) in [5.74, 6) is -1.19. The highest BCUT2D eigenvalue weighted by molar-refractivity contribution is 5.95. The molecule has 2 aromatic rings. The van der Waals surface area contributed by atoms with Crippen LogP contribution in [0.3, 0.4) is 0 Å². The first kappa shape index (κ1) is 18.0. The predicted octanol–water partition coefficient (Wildman–Crippen LogP) is 3.76. The number of nitrogens with zero attached hydrogens (tertiary/aromatic N) is 1. The Morgan fingerprint density at radius 3 is 2.23 bits per heavy atom. The molecule has 0 aromatic heterocycles. The molecule has 1 aliphatic heterocycles. The fraction of sp³-hybridized carbons (Fsp3) is 0.300. The van der Waals surface area contributed by atoms with E-state index in [1.165, 1.54) is 36.4 Å². The van der Waals surface area contributed by atoms with Crippen LogP contribution in [0, 0.1) is 24.5 Å². The number of benzene rings is 2. The first-order chi connectivity index (χ1) is 12.4. The Morgan fingerprint density at radius 1 is 1.00 bits per heavy atom. The van der Waals surface area contributed by atoms with E-state index in [0.717, 1.165) is 0 Å². The second kappa shape index (κ2) is 7.64. The van der Waals surface area contributed by atoms with Crippen LogP contribution in [0.1, 0.15) is 28.8 Å². The smallest absolute Gasteiger partial charge is 0.253 e. The first-order valence-electron chi connectivity index (χ1n) is 8.56. The largest absolute Gasteiger partial charge is 0.339 e. The second-order valence-corrected chi connectivity index (χ2v) is 6.52. The summed E-state index contributed by atoms with van der Waals surface area (Å²) in [7, 11) is 0. The zero-order valence-corrected chi connectivity index (χ0v) is 14.5. The molecule has 4 nitrogen and oxygen atoms in total. The van der Waals surface area contributed by atoms with Gasteiger partial charge in [-0.05, 0) is 67.8 Å². The molecular weight excluding hydrogens is 338 g/mol. The van der Waals surface area contributed by atoms with Gasteiger partial charge in [0.1, 0.15) is 11.6 Å². The molecule has 26 heavy (non-hydrogen) atoms. The zero-order valence-electron chi connectivity index (χ0n) is 14.5. The van der Waals surface area contributed by atoms with Crippen LogP contribution in [0.5, 0.6) is 0 Å². The molecule has 1 heterocycles. The van der Waals surface area contributed by atoms with Crippen molar-refractivity contribution in [2.75, 3.05) is 18.4 Å². The van der Waals surface area contributed by atoms with Crippen LogP contribution >= 0.6 is 0 Å². The molecule has 1 aliphatic rings. The summed E-state index contributed by atoms with van der Waals surface area (Å²) in [5.41, 5.74) is 1.71. The minimum atomic E-state index is -0.381. The summed E-state index contributed by atoms with van der Waals surface area (Å²) in [5, 5.41) is 2.84. The number of piperidine rings is 1. The Bertz CT molecular complexity index is 813. The van der Waals surface area contributed by atoms with Gasteiger partial charge in [-0.1, -0.05) is 0 Å². The Hall–Kier alpha value is -2.76. The van der Waals surface area contributed by atoms with Gasteiger partial charge in [0, 0.05) is 30.3 Å². The molecule has 136 valence electrons. The molecule has 0 saturated carbocycles. The normalized spacial score (nSPS) is 15.0. The lowest BCUT2D eigenvalue weighted by Crippen LogP contribution is -2.41. The predicted molar refractivity (Wildman–Crippen MR) is 94.8 cm³/mol. The number of aryl methyl sites for hydroxylation is 1. The van der Waals surface area contributed by atoms with Crippen LogP contribution in [-0.2, 0) is 4.79 Å². The van der Waals surface area contributed by atoms with Crippen LogP contribution in [0.25, 0.3) is 0 Å². The summed E-state index contributed by atoms with van der Waals surface area (Å²) in [4.78, 5) is 26.5. The lowest BCUT2D eigenvalue weighted by Gasteiger charge is -2.31. The number of carbonyl (C=O) groups is 2. The molecule has 0 bridgehead atoms. The van der Waals surface area contributed by atoms with Crippen molar-refractivity contribution in [1.82, 2.24) is 4.90 Å². The second-order valence-electron chi connectivity index (χ2n) is 6.52. The van der Waals surface area contributed by atoms with Crippen molar-refractivity contribution < 1.29 is 18.4 Å².